The van der Waals surface area contributed by atoms with Gasteiger partial charge in [0.15, 0.2) is 5.69 Å². The summed E-state index contributed by atoms with van der Waals surface area (Å²) in [6.45, 7) is 3.46. The molecule has 1 saturated carbocycles. The number of aromatic nitrogens is 3. The summed E-state index contributed by atoms with van der Waals surface area (Å²) in [5.74, 6) is -0.505. The molecule has 0 atom stereocenters. The van der Waals surface area contributed by atoms with Crippen molar-refractivity contribution in [2.24, 2.45) is 0 Å². The summed E-state index contributed by atoms with van der Waals surface area (Å²) in [4.78, 5) is 12.3. The van der Waals surface area contributed by atoms with E-state index in [0.29, 0.717) is 22.6 Å². The Morgan fingerprint density at radius 2 is 2.05 bits per heavy atom. The topological polar surface area (TPSA) is 59.8 Å². The fraction of sp³-hybridized carbons (Fsp3) is 0.438. The van der Waals surface area contributed by atoms with Crippen LogP contribution in [-0.4, -0.2) is 26.9 Å². The Labute approximate surface area is 128 Å². The molecule has 0 aliphatic heterocycles. The van der Waals surface area contributed by atoms with E-state index in [1.165, 1.54) is 10.7 Å². The Morgan fingerprint density at radius 3 is 2.77 bits per heavy atom. The number of amides is 1. The van der Waals surface area contributed by atoms with Gasteiger partial charge in [0, 0.05) is 11.6 Å². The van der Waals surface area contributed by atoms with Gasteiger partial charge in [0.2, 0.25) is 0 Å². The third-order valence-electron chi connectivity index (χ3n) is 4.27. The van der Waals surface area contributed by atoms with E-state index in [-0.39, 0.29) is 17.8 Å². The second-order valence-corrected chi connectivity index (χ2v) is 5.77. The van der Waals surface area contributed by atoms with Gasteiger partial charge in [-0.05, 0) is 38.8 Å². The van der Waals surface area contributed by atoms with E-state index in [1.54, 1.807) is 26.0 Å². The molecule has 0 saturated heterocycles. The number of rotatable bonds is 3. The lowest BCUT2D eigenvalue weighted by Gasteiger charge is -2.11. The van der Waals surface area contributed by atoms with Gasteiger partial charge in [-0.25, -0.2) is 9.07 Å². The van der Waals surface area contributed by atoms with Gasteiger partial charge in [0.1, 0.15) is 5.82 Å². The average Bonchev–Trinajstić information content (AvgIpc) is 3.12. The molecule has 1 fully saturated rings. The Bertz CT molecular complexity index is 704. The van der Waals surface area contributed by atoms with Gasteiger partial charge in [-0.2, -0.15) is 0 Å². The lowest BCUT2D eigenvalue weighted by Crippen LogP contribution is -2.33. The number of hydrogen-bond donors (Lipinski definition) is 1. The molecule has 3 rings (SSSR count). The molecule has 0 spiro atoms. The fourth-order valence-electron chi connectivity index (χ4n) is 2.92. The van der Waals surface area contributed by atoms with Crippen molar-refractivity contribution in [3.05, 3.63) is 41.0 Å². The van der Waals surface area contributed by atoms with E-state index >= 15 is 0 Å². The van der Waals surface area contributed by atoms with Crippen molar-refractivity contribution in [3.63, 3.8) is 0 Å². The van der Waals surface area contributed by atoms with Crippen molar-refractivity contribution in [2.75, 3.05) is 0 Å². The predicted molar refractivity (Wildman–Crippen MR) is 80.5 cm³/mol. The van der Waals surface area contributed by atoms with Crippen LogP contribution in [0.3, 0.4) is 0 Å². The minimum Gasteiger partial charge on any atom is -0.348 e. The highest BCUT2D eigenvalue weighted by atomic mass is 19.1. The smallest absolute Gasteiger partial charge is 0.273 e. The van der Waals surface area contributed by atoms with Crippen molar-refractivity contribution in [2.45, 2.75) is 45.6 Å². The largest absolute Gasteiger partial charge is 0.348 e. The zero-order valence-corrected chi connectivity index (χ0v) is 12.8. The molecule has 5 nitrogen and oxygen atoms in total. The molecule has 0 radical (unpaired) electrons. The molecule has 0 bridgehead atoms. The van der Waals surface area contributed by atoms with Gasteiger partial charge in [0.25, 0.3) is 5.91 Å². The SMILES string of the molecule is Cc1c(F)cccc1-n1nnc(C(=O)NC2CCCC2)c1C. The second-order valence-electron chi connectivity index (χ2n) is 5.77. The molecule has 1 aliphatic carbocycles. The van der Waals surface area contributed by atoms with Crippen LogP contribution in [0.1, 0.15) is 47.4 Å². The van der Waals surface area contributed by atoms with E-state index in [9.17, 15) is 9.18 Å². The quantitative estimate of drug-likeness (QED) is 0.948. The highest BCUT2D eigenvalue weighted by Gasteiger charge is 2.23. The summed E-state index contributed by atoms with van der Waals surface area (Å²) in [5.41, 5.74) is 2.00. The molecule has 2 aromatic rings. The van der Waals surface area contributed by atoms with Crippen molar-refractivity contribution in [3.8, 4) is 5.69 Å². The van der Waals surface area contributed by atoms with Crippen molar-refractivity contribution in [1.82, 2.24) is 20.3 Å². The standard InChI is InChI=1S/C16H19FN4O/c1-10-13(17)8-5-9-14(10)21-11(2)15(19-20-21)16(22)18-12-6-3-4-7-12/h5,8-9,12H,3-4,6-7H2,1-2H3,(H,18,22). The Hall–Kier alpha value is -2.24. The third-order valence-corrected chi connectivity index (χ3v) is 4.27. The molecular weight excluding hydrogens is 283 g/mol. The number of benzene rings is 1. The Kier molecular flexibility index (Phi) is 3.92. The zero-order valence-electron chi connectivity index (χ0n) is 12.8. The molecule has 6 heteroatoms. The van der Waals surface area contributed by atoms with Crippen LogP contribution < -0.4 is 5.32 Å². The molecule has 1 aromatic heterocycles. The lowest BCUT2D eigenvalue weighted by atomic mass is 10.2. The van der Waals surface area contributed by atoms with E-state index in [4.69, 9.17) is 0 Å². The van der Waals surface area contributed by atoms with Crippen molar-refractivity contribution in [1.29, 1.82) is 0 Å². The molecule has 1 heterocycles. The summed E-state index contributed by atoms with van der Waals surface area (Å²) in [6, 6.07) is 5.02. The maximum absolute atomic E-state index is 13.7. The zero-order chi connectivity index (χ0) is 15.7. The number of nitrogens with zero attached hydrogens (tertiary/aromatic N) is 3. The first kappa shape index (κ1) is 14.7. The van der Waals surface area contributed by atoms with E-state index in [2.05, 4.69) is 15.6 Å². The monoisotopic (exact) mass is 302 g/mol. The molecule has 1 amide bonds. The minimum atomic E-state index is -0.302. The van der Waals surface area contributed by atoms with Gasteiger partial charge in [-0.3, -0.25) is 4.79 Å². The molecule has 116 valence electrons. The number of carbonyl (C=O) groups is 1. The molecule has 1 aliphatic rings. The predicted octanol–water partition coefficient (Wildman–Crippen LogP) is 2.70. The van der Waals surface area contributed by atoms with Gasteiger partial charge in [0.05, 0.1) is 11.4 Å². The second kappa shape index (κ2) is 5.87. The van der Waals surface area contributed by atoms with Crippen LogP contribution in [0.2, 0.25) is 0 Å². The molecule has 1 aromatic carbocycles. The van der Waals surface area contributed by atoms with Crippen molar-refractivity contribution >= 4 is 5.91 Å². The van der Waals surface area contributed by atoms with Gasteiger partial charge >= 0.3 is 0 Å². The minimum absolute atomic E-state index is 0.204. The molecule has 0 unspecified atom stereocenters. The summed E-state index contributed by atoms with van der Waals surface area (Å²) >= 11 is 0. The van der Waals surface area contributed by atoms with E-state index < -0.39 is 0 Å². The average molecular weight is 302 g/mol. The Balaban J connectivity index is 1.88. The van der Waals surface area contributed by atoms with Crippen molar-refractivity contribution < 1.29 is 9.18 Å². The summed E-state index contributed by atoms with van der Waals surface area (Å²) in [7, 11) is 0. The van der Waals surface area contributed by atoms with Crippen LogP contribution in [0.4, 0.5) is 4.39 Å². The fourth-order valence-corrected chi connectivity index (χ4v) is 2.92. The van der Waals surface area contributed by atoms with Crippen LogP contribution in [0.15, 0.2) is 18.2 Å². The first-order chi connectivity index (χ1) is 10.6. The number of nitrogens with one attached hydrogen (secondary N) is 1. The number of halogens is 1. The first-order valence-electron chi connectivity index (χ1n) is 7.56. The molecule has 1 N–H and O–H groups in total. The van der Waals surface area contributed by atoms with Crippen LogP contribution in [-0.2, 0) is 0 Å². The van der Waals surface area contributed by atoms with E-state index in [0.717, 1.165) is 25.7 Å². The summed E-state index contributed by atoms with van der Waals surface area (Å²) in [6.07, 6.45) is 4.34. The van der Waals surface area contributed by atoms with Gasteiger partial charge in [-0.15, -0.1) is 5.10 Å². The summed E-state index contributed by atoms with van der Waals surface area (Å²) in [5, 5.41) is 11.0. The third kappa shape index (κ3) is 2.61. The van der Waals surface area contributed by atoms with Crippen LogP contribution in [0, 0.1) is 19.7 Å². The highest BCUT2D eigenvalue weighted by Crippen LogP contribution is 2.20. The highest BCUT2D eigenvalue weighted by molar-refractivity contribution is 5.93. The number of carbonyl (C=O) groups excluding carboxylic acids is 1. The molecule has 22 heavy (non-hydrogen) atoms. The van der Waals surface area contributed by atoms with Crippen LogP contribution in [0.5, 0.6) is 0 Å². The van der Waals surface area contributed by atoms with E-state index in [1.807, 2.05) is 0 Å². The number of hydrogen-bond acceptors (Lipinski definition) is 3. The maximum Gasteiger partial charge on any atom is 0.273 e. The molecular formula is C16H19FN4O. The maximum atomic E-state index is 13.7. The van der Waals surface area contributed by atoms with Crippen LogP contribution in [0.25, 0.3) is 5.69 Å². The van der Waals surface area contributed by atoms with Gasteiger partial charge < -0.3 is 5.32 Å². The Morgan fingerprint density at radius 1 is 1.32 bits per heavy atom. The summed E-state index contributed by atoms with van der Waals surface area (Å²) < 4.78 is 15.2. The van der Waals surface area contributed by atoms with Gasteiger partial charge in [-0.1, -0.05) is 24.1 Å². The van der Waals surface area contributed by atoms with Crippen LogP contribution >= 0.6 is 0 Å². The lowest BCUT2D eigenvalue weighted by molar-refractivity contribution is 0.0932. The first-order valence-corrected chi connectivity index (χ1v) is 7.56. The normalized spacial score (nSPS) is 15.2.